The van der Waals surface area contributed by atoms with E-state index in [1.54, 1.807) is 24.3 Å². The minimum absolute atomic E-state index is 0.0749. The molecule has 1 unspecified atom stereocenters. The molecule has 1 heterocycles. The summed E-state index contributed by atoms with van der Waals surface area (Å²) in [5.41, 5.74) is -1.17. The lowest BCUT2D eigenvalue weighted by Crippen LogP contribution is -2.75. The zero-order valence-corrected chi connectivity index (χ0v) is 17.4. The van der Waals surface area contributed by atoms with Gasteiger partial charge in [0.1, 0.15) is 0 Å². The molecule has 2 rings (SSSR count). The fraction of sp³-hybridized carbons (Fsp3) is 0.571. The first-order chi connectivity index (χ1) is 12.8. The Kier molecular flexibility index (Phi) is 5.39. The van der Waals surface area contributed by atoms with Crippen molar-refractivity contribution in [1.29, 1.82) is 5.26 Å². The Labute approximate surface area is 166 Å². The third-order valence-corrected chi connectivity index (χ3v) is 5.59. The normalized spacial score (nSPS) is 23.2. The zero-order valence-electron chi connectivity index (χ0n) is 17.4. The average molecular weight is 387 g/mol. The summed E-state index contributed by atoms with van der Waals surface area (Å²) in [5.74, 6) is 0. The summed E-state index contributed by atoms with van der Waals surface area (Å²) in [5, 5.41) is 29.2. The fourth-order valence-corrected chi connectivity index (χ4v) is 4.79. The number of benzene rings is 1. The Morgan fingerprint density at radius 3 is 1.93 bits per heavy atom. The van der Waals surface area contributed by atoms with Crippen LogP contribution in [0.4, 0.5) is 9.59 Å². The van der Waals surface area contributed by atoms with E-state index in [0.717, 1.165) is 0 Å². The second-order valence-corrected chi connectivity index (χ2v) is 9.38. The zero-order chi connectivity index (χ0) is 21.5. The Morgan fingerprint density at radius 2 is 1.57 bits per heavy atom. The van der Waals surface area contributed by atoms with Gasteiger partial charge in [-0.05, 0) is 28.5 Å². The highest BCUT2D eigenvalue weighted by Gasteiger charge is 2.63. The van der Waals surface area contributed by atoms with Crippen LogP contribution in [0.15, 0.2) is 24.3 Å². The van der Waals surface area contributed by atoms with Crippen LogP contribution in [0.1, 0.15) is 52.7 Å². The Hall–Kier alpha value is -2.75. The Morgan fingerprint density at radius 1 is 1.04 bits per heavy atom. The number of carboxylic acid groups (broad SMARTS) is 2. The van der Waals surface area contributed by atoms with Gasteiger partial charge in [0.05, 0.1) is 23.2 Å². The van der Waals surface area contributed by atoms with Gasteiger partial charge in [-0.3, -0.25) is 4.90 Å². The molecule has 1 aromatic carbocycles. The van der Waals surface area contributed by atoms with Gasteiger partial charge in [0, 0.05) is 13.1 Å². The molecular weight excluding hydrogens is 358 g/mol. The maximum atomic E-state index is 12.4. The molecule has 0 spiro atoms. The van der Waals surface area contributed by atoms with Crippen LogP contribution >= 0.6 is 0 Å². The summed E-state index contributed by atoms with van der Waals surface area (Å²) in [4.78, 5) is 27.3. The molecule has 2 N–H and O–H groups in total. The SMILES string of the molecule is CC(C)(C)C1N(C(=O)O)CCN(C(=O)O)[C@]1(c1ccc(C#N)cc1)C(C)(C)C. The minimum Gasteiger partial charge on any atom is -0.465 e. The van der Waals surface area contributed by atoms with Crippen LogP contribution < -0.4 is 0 Å². The van der Waals surface area contributed by atoms with E-state index in [1.165, 1.54) is 9.80 Å². The maximum Gasteiger partial charge on any atom is 0.408 e. The third kappa shape index (κ3) is 3.28. The molecule has 0 bridgehead atoms. The van der Waals surface area contributed by atoms with Crippen molar-refractivity contribution in [2.45, 2.75) is 53.1 Å². The van der Waals surface area contributed by atoms with E-state index in [4.69, 9.17) is 5.26 Å². The van der Waals surface area contributed by atoms with E-state index in [9.17, 15) is 19.8 Å². The standard InChI is InChI=1S/C21H29N3O4/c1-19(2,3)16-21(20(4,5)6,15-9-7-14(13-22)8-10-15)24(18(27)28)12-11-23(16)17(25)26/h7-10,16H,11-12H2,1-6H3,(H,25,26)(H,27,28)/t16?,21-/m0/s1. The van der Waals surface area contributed by atoms with Gasteiger partial charge in [-0.1, -0.05) is 53.7 Å². The van der Waals surface area contributed by atoms with Crippen LogP contribution in [0.2, 0.25) is 0 Å². The minimum atomic E-state index is -1.14. The number of hydrogen-bond acceptors (Lipinski definition) is 3. The maximum absolute atomic E-state index is 12.4. The molecule has 2 amide bonds. The molecule has 0 radical (unpaired) electrons. The lowest BCUT2D eigenvalue weighted by Gasteiger charge is -2.63. The van der Waals surface area contributed by atoms with E-state index in [2.05, 4.69) is 6.07 Å². The van der Waals surface area contributed by atoms with E-state index < -0.39 is 34.6 Å². The van der Waals surface area contributed by atoms with Crippen molar-refractivity contribution < 1.29 is 19.8 Å². The summed E-state index contributed by atoms with van der Waals surface area (Å²) in [6.45, 7) is 11.8. The lowest BCUT2D eigenvalue weighted by molar-refractivity contribution is -0.126. The number of amides is 2. The number of carbonyl (C=O) groups is 2. The smallest absolute Gasteiger partial charge is 0.408 e. The van der Waals surface area contributed by atoms with Crippen LogP contribution in [0.3, 0.4) is 0 Å². The van der Waals surface area contributed by atoms with E-state index in [-0.39, 0.29) is 13.1 Å². The van der Waals surface area contributed by atoms with Crippen molar-refractivity contribution in [3.05, 3.63) is 35.4 Å². The largest absolute Gasteiger partial charge is 0.465 e. The van der Waals surface area contributed by atoms with Gasteiger partial charge in [0.25, 0.3) is 0 Å². The topological polar surface area (TPSA) is 105 Å². The quantitative estimate of drug-likeness (QED) is 0.752. The van der Waals surface area contributed by atoms with Gasteiger partial charge in [0.15, 0.2) is 0 Å². The average Bonchev–Trinajstić information content (AvgIpc) is 2.58. The highest BCUT2D eigenvalue weighted by molar-refractivity contribution is 5.71. The molecule has 1 aromatic rings. The van der Waals surface area contributed by atoms with E-state index >= 15 is 0 Å². The van der Waals surface area contributed by atoms with Gasteiger partial charge in [-0.15, -0.1) is 0 Å². The molecule has 28 heavy (non-hydrogen) atoms. The van der Waals surface area contributed by atoms with Gasteiger partial charge in [-0.25, -0.2) is 9.59 Å². The Balaban J connectivity index is 2.95. The molecule has 152 valence electrons. The van der Waals surface area contributed by atoms with Crippen molar-refractivity contribution in [3.63, 3.8) is 0 Å². The van der Waals surface area contributed by atoms with E-state index in [1.807, 2.05) is 41.5 Å². The van der Waals surface area contributed by atoms with Gasteiger partial charge >= 0.3 is 12.2 Å². The van der Waals surface area contributed by atoms with Crippen LogP contribution in [-0.2, 0) is 5.54 Å². The molecule has 1 saturated heterocycles. The number of piperazine rings is 1. The number of nitrogens with zero attached hydrogens (tertiary/aromatic N) is 3. The molecule has 1 fully saturated rings. The highest BCUT2D eigenvalue weighted by atomic mass is 16.4. The first-order valence-corrected chi connectivity index (χ1v) is 9.29. The van der Waals surface area contributed by atoms with Gasteiger partial charge in [-0.2, -0.15) is 5.26 Å². The molecule has 0 saturated carbocycles. The second kappa shape index (κ2) is 7.01. The first-order valence-electron chi connectivity index (χ1n) is 9.29. The van der Waals surface area contributed by atoms with Crippen LogP contribution in [0, 0.1) is 22.2 Å². The Bertz CT molecular complexity index is 799. The number of nitriles is 1. The lowest BCUT2D eigenvalue weighted by atomic mass is 9.57. The predicted octanol–water partition coefficient (Wildman–Crippen LogP) is 4.19. The second-order valence-electron chi connectivity index (χ2n) is 9.38. The van der Waals surface area contributed by atoms with Crippen molar-refractivity contribution >= 4 is 12.2 Å². The molecule has 0 aliphatic carbocycles. The summed E-state index contributed by atoms with van der Waals surface area (Å²) < 4.78 is 0. The van der Waals surface area contributed by atoms with Gasteiger partial charge < -0.3 is 15.1 Å². The summed E-state index contributed by atoms with van der Waals surface area (Å²) in [6.07, 6.45) is -2.15. The summed E-state index contributed by atoms with van der Waals surface area (Å²) >= 11 is 0. The molecule has 1 aliphatic rings. The molecule has 2 atom stereocenters. The van der Waals surface area contributed by atoms with Crippen molar-refractivity contribution in [2.24, 2.45) is 10.8 Å². The van der Waals surface area contributed by atoms with E-state index in [0.29, 0.717) is 11.1 Å². The van der Waals surface area contributed by atoms with Crippen molar-refractivity contribution in [3.8, 4) is 6.07 Å². The van der Waals surface area contributed by atoms with Crippen molar-refractivity contribution in [1.82, 2.24) is 9.80 Å². The van der Waals surface area contributed by atoms with Crippen molar-refractivity contribution in [2.75, 3.05) is 13.1 Å². The fourth-order valence-electron chi connectivity index (χ4n) is 4.79. The molecule has 0 aromatic heterocycles. The third-order valence-electron chi connectivity index (χ3n) is 5.59. The highest BCUT2D eigenvalue weighted by Crippen LogP contribution is 2.54. The number of hydrogen-bond donors (Lipinski definition) is 2. The predicted molar refractivity (Wildman–Crippen MR) is 105 cm³/mol. The molecular formula is C21H29N3O4. The number of rotatable bonds is 1. The summed E-state index contributed by atoms with van der Waals surface area (Å²) in [7, 11) is 0. The van der Waals surface area contributed by atoms with Crippen LogP contribution in [0.5, 0.6) is 0 Å². The summed E-state index contributed by atoms with van der Waals surface area (Å²) in [6, 6.07) is 8.26. The molecule has 7 nitrogen and oxygen atoms in total. The molecule has 1 aliphatic heterocycles. The monoisotopic (exact) mass is 387 g/mol. The van der Waals surface area contributed by atoms with Gasteiger partial charge in [0.2, 0.25) is 0 Å². The van der Waals surface area contributed by atoms with Crippen LogP contribution in [0.25, 0.3) is 0 Å². The first kappa shape index (κ1) is 21.5. The van der Waals surface area contributed by atoms with Crippen LogP contribution in [-0.4, -0.2) is 51.3 Å². The molecule has 7 heteroatoms.